The molecule has 0 unspecified atom stereocenters. The summed E-state index contributed by atoms with van der Waals surface area (Å²) in [4.78, 5) is 9.29. The summed E-state index contributed by atoms with van der Waals surface area (Å²) in [5, 5.41) is 15.5. The minimum Gasteiger partial charge on any atom is -0.372 e. The molecule has 28 heavy (non-hydrogen) atoms. The van der Waals surface area contributed by atoms with Gasteiger partial charge in [-0.15, -0.1) is 10.2 Å². The molecule has 0 radical (unpaired) electrons. The summed E-state index contributed by atoms with van der Waals surface area (Å²) < 4.78 is 6.03. The molecule has 3 aromatic rings. The van der Waals surface area contributed by atoms with E-state index in [2.05, 4.69) is 25.6 Å². The van der Waals surface area contributed by atoms with Crippen molar-refractivity contribution < 1.29 is 4.74 Å². The molecule has 1 saturated heterocycles. The number of aryl methyl sites for hydroxylation is 1. The van der Waals surface area contributed by atoms with E-state index in [0.29, 0.717) is 11.0 Å². The Hall–Kier alpha value is -2.38. The first kappa shape index (κ1) is 17.7. The average Bonchev–Trinajstić information content (AvgIpc) is 3.38. The largest absolute Gasteiger partial charge is 0.372 e. The van der Waals surface area contributed by atoms with Crippen LogP contribution in [0, 0.1) is 0 Å². The van der Waals surface area contributed by atoms with Crippen molar-refractivity contribution in [3.63, 3.8) is 0 Å². The Morgan fingerprint density at radius 3 is 2.82 bits per heavy atom. The lowest BCUT2D eigenvalue weighted by Crippen LogP contribution is -2.11. The van der Waals surface area contributed by atoms with Crippen molar-refractivity contribution in [1.82, 2.24) is 30.6 Å². The van der Waals surface area contributed by atoms with Gasteiger partial charge in [0, 0.05) is 18.5 Å². The zero-order valence-corrected chi connectivity index (χ0v) is 16.2. The zero-order chi connectivity index (χ0) is 18.9. The van der Waals surface area contributed by atoms with Gasteiger partial charge >= 0.3 is 0 Å². The molecule has 5 rings (SSSR count). The van der Waals surface area contributed by atoms with Gasteiger partial charge in [0.15, 0.2) is 0 Å². The summed E-state index contributed by atoms with van der Waals surface area (Å²) in [6, 6.07) is 3.90. The minimum atomic E-state index is -0.0434. The van der Waals surface area contributed by atoms with Gasteiger partial charge in [0.05, 0.1) is 11.3 Å². The van der Waals surface area contributed by atoms with Gasteiger partial charge in [-0.2, -0.15) is 5.21 Å². The molecule has 144 valence electrons. The second-order valence-electron chi connectivity index (χ2n) is 7.34. The molecule has 8 heteroatoms. The molecule has 4 heterocycles. The van der Waals surface area contributed by atoms with Gasteiger partial charge in [-0.3, -0.25) is 4.98 Å². The molecule has 2 aliphatic rings. The van der Waals surface area contributed by atoms with Crippen molar-refractivity contribution in [1.29, 1.82) is 0 Å². The highest BCUT2D eigenvalue weighted by Crippen LogP contribution is 2.43. The summed E-state index contributed by atoms with van der Waals surface area (Å²) >= 11 is 6.25. The lowest BCUT2D eigenvalue weighted by Gasteiger charge is -2.22. The Morgan fingerprint density at radius 2 is 2.04 bits per heavy atom. The first-order valence-electron chi connectivity index (χ1n) is 9.84. The van der Waals surface area contributed by atoms with Gasteiger partial charge in [-0.1, -0.05) is 18.0 Å². The van der Waals surface area contributed by atoms with Crippen LogP contribution in [0.3, 0.4) is 0 Å². The summed E-state index contributed by atoms with van der Waals surface area (Å²) in [5.74, 6) is 0.549. The second kappa shape index (κ2) is 7.56. The standard InChI is InChI=1S/C20H21ClN6O/c21-16-11-12(8-9-22-16)17-13-5-2-1-3-6-14(13)23-19(15-7-4-10-28-15)18(17)20-24-26-27-25-20/h8-9,11,15H,1-7,10H2,(H,24,25,26,27)/t15-/m0/s1. The van der Waals surface area contributed by atoms with Crippen molar-refractivity contribution >= 4 is 11.6 Å². The van der Waals surface area contributed by atoms with Crippen LogP contribution in [0.2, 0.25) is 5.15 Å². The Morgan fingerprint density at radius 1 is 1.11 bits per heavy atom. The predicted octanol–water partition coefficient (Wildman–Crippen LogP) is 4.10. The summed E-state index contributed by atoms with van der Waals surface area (Å²) in [6.07, 6.45) is 9.15. The van der Waals surface area contributed by atoms with E-state index < -0.39 is 0 Å². The van der Waals surface area contributed by atoms with Crippen molar-refractivity contribution in [3.05, 3.63) is 40.4 Å². The number of aromatic amines is 1. The number of nitrogens with zero attached hydrogens (tertiary/aromatic N) is 5. The normalized spacial score (nSPS) is 19.4. The molecule has 0 bridgehead atoms. The fraction of sp³-hybridized carbons (Fsp3) is 0.450. The Bertz CT molecular complexity index is 985. The molecule has 0 amide bonds. The highest BCUT2D eigenvalue weighted by molar-refractivity contribution is 6.29. The minimum absolute atomic E-state index is 0.0434. The number of aromatic nitrogens is 6. The molecule has 1 atom stereocenters. The Labute approximate surface area is 167 Å². The Kier molecular flexibility index (Phi) is 4.78. The highest BCUT2D eigenvalue weighted by Gasteiger charge is 2.31. The van der Waals surface area contributed by atoms with Crippen LogP contribution >= 0.6 is 11.6 Å². The number of halogens is 1. The molecule has 7 nitrogen and oxygen atoms in total. The zero-order valence-electron chi connectivity index (χ0n) is 15.5. The molecule has 1 fully saturated rings. The van der Waals surface area contributed by atoms with E-state index in [1.165, 1.54) is 12.0 Å². The maximum absolute atomic E-state index is 6.25. The van der Waals surface area contributed by atoms with E-state index in [9.17, 15) is 0 Å². The summed E-state index contributed by atoms with van der Waals surface area (Å²) in [7, 11) is 0. The van der Waals surface area contributed by atoms with Gasteiger partial charge in [-0.05, 0) is 72.6 Å². The van der Waals surface area contributed by atoms with Gasteiger partial charge in [0.25, 0.3) is 0 Å². The maximum atomic E-state index is 6.25. The number of nitrogens with one attached hydrogen (secondary N) is 1. The van der Waals surface area contributed by atoms with Crippen LogP contribution < -0.4 is 0 Å². The molecule has 1 aliphatic heterocycles. The molecular formula is C20H21ClN6O. The molecular weight excluding hydrogens is 376 g/mol. The summed E-state index contributed by atoms with van der Waals surface area (Å²) in [5.41, 5.74) is 6.37. The van der Waals surface area contributed by atoms with Gasteiger partial charge < -0.3 is 4.74 Å². The molecule has 3 aromatic heterocycles. The van der Waals surface area contributed by atoms with Crippen molar-refractivity contribution in [2.24, 2.45) is 0 Å². The van der Waals surface area contributed by atoms with Gasteiger partial charge in [-0.25, -0.2) is 4.98 Å². The van der Waals surface area contributed by atoms with Crippen molar-refractivity contribution in [3.8, 4) is 22.5 Å². The third-order valence-corrected chi connectivity index (χ3v) is 5.78. The monoisotopic (exact) mass is 396 g/mol. The molecule has 0 aromatic carbocycles. The molecule has 1 N–H and O–H groups in total. The Balaban J connectivity index is 1.84. The number of rotatable bonds is 3. The lowest BCUT2D eigenvalue weighted by molar-refractivity contribution is 0.109. The van der Waals surface area contributed by atoms with E-state index >= 15 is 0 Å². The average molecular weight is 397 g/mol. The first-order valence-corrected chi connectivity index (χ1v) is 10.2. The van der Waals surface area contributed by atoms with E-state index in [4.69, 9.17) is 21.3 Å². The van der Waals surface area contributed by atoms with Crippen LogP contribution in [0.4, 0.5) is 0 Å². The smallest absolute Gasteiger partial charge is 0.207 e. The maximum Gasteiger partial charge on any atom is 0.207 e. The summed E-state index contributed by atoms with van der Waals surface area (Å²) in [6.45, 7) is 0.755. The van der Waals surface area contributed by atoms with Gasteiger partial charge in [0.1, 0.15) is 11.3 Å². The van der Waals surface area contributed by atoms with Crippen LogP contribution in [0.15, 0.2) is 18.3 Å². The molecule has 0 spiro atoms. The quantitative estimate of drug-likeness (QED) is 0.529. The number of H-pyrrole nitrogens is 1. The van der Waals surface area contributed by atoms with E-state index in [1.807, 2.05) is 12.1 Å². The molecule has 1 aliphatic carbocycles. The number of ether oxygens (including phenoxy) is 1. The van der Waals surface area contributed by atoms with E-state index in [-0.39, 0.29) is 6.10 Å². The third kappa shape index (κ3) is 3.18. The lowest BCUT2D eigenvalue weighted by atomic mass is 9.88. The number of fused-ring (bicyclic) bond motifs is 1. The van der Waals surface area contributed by atoms with Crippen LogP contribution in [-0.2, 0) is 17.6 Å². The first-order chi connectivity index (χ1) is 13.8. The number of tetrazole rings is 1. The van der Waals surface area contributed by atoms with Crippen molar-refractivity contribution in [2.75, 3.05) is 6.61 Å². The number of hydrogen-bond acceptors (Lipinski definition) is 6. The SMILES string of the molecule is Clc1cc(-c2c3c(nc([C@@H]4CCCO4)c2-c2nn[nH]n2)CCCCC3)ccn1. The fourth-order valence-corrected chi connectivity index (χ4v) is 4.51. The predicted molar refractivity (Wildman–Crippen MR) is 105 cm³/mol. The number of hydrogen-bond donors (Lipinski definition) is 1. The van der Waals surface area contributed by atoms with E-state index in [1.54, 1.807) is 6.20 Å². The molecule has 0 saturated carbocycles. The van der Waals surface area contributed by atoms with Gasteiger partial charge in [0.2, 0.25) is 5.82 Å². The van der Waals surface area contributed by atoms with Crippen LogP contribution in [0.5, 0.6) is 0 Å². The van der Waals surface area contributed by atoms with E-state index in [0.717, 1.165) is 73.2 Å². The van der Waals surface area contributed by atoms with Crippen LogP contribution in [-0.4, -0.2) is 37.2 Å². The third-order valence-electron chi connectivity index (χ3n) is 5.57. The van der Waals surface area contributed by atoms with Crippen LogP contribution in [0.1, 0.15) is 55.2 Å². The highest BCUT2D eigenvalue weighted by atomic mass is 35.5. The van der Waals surface area contributed by atoms with Crippen LogP contribution in [0.25, 0.3) is 22.5 Å². The fourth-order valence-electron chi connectivity index (χ4n) is 4.34. The second-order valence-corrected chi connectivity index (χ2v) is 7.72. The number of pyridine rings is 2. The topological polar surface area (TPSA) is 89.5 Å². The van der Waals surface area contributed by atoms with Crippen molar-refractivity contribution in [2.45, 2.75) is 51.0 Å².